The fourth-order valence-electron chi connectivity index (χ4n) is 4.16. The van der Waals surface area contributed by atoms with Crippen LogP contribution in [0, 0.1) is 0 Å². The third kappa shape index (κ3) is 3.33. The largest absolute Gasteiger partial charge is 0.508 e. The topological polar surface area (TPSA) is 90.0 Å². The van der Waals surface area contributed by atoms with Crippen LogP contribution in [0.4, 0.5) is 5.69 Å². The van der Waals surface area contributed by atoms with Crippen molar-refractivity contribution in [3.63, 3.8) is 0 Å². The van der Waals surface area contributed by atoms with Crippen LogP contribution in [0.1, 0.15) is 42.1 Å². The predicted octanol–water partition coefficient (Wildman–Crippen LogP) is 2.40. The summed E-state index contributed by atoms with van der Waals surface area (Å²) in [6, 6.07) is 13.7. The molecule has 0 saturated carbocycles. The van der Waals surface area contributed by atoms with Crippen molar-refractivity contribution in [2.24, 2.45) is 0 Å². The maximum atomic E-state index is 13.1. The van der Waals surface area contributed by atoms with Crippen LogP contribution in [0.3, 0.4) is 0 Å². The van der Waals surface area contributed by atoms with Gasteiger partial charge in [-0.3, -0.25) is 19.3 Å². The van der Waals surface area contributed by atoms with Crippen molar-refractivity contribution in [3.05, 3.63) is 59.7 Å². The number of aromatic hydroxyl groups is 1. The third-order valence-electron chi connectivity index (χ3n) is 5.73. The third-order valence-corrected chi connectivity index (χ3v) is 5.73. The molecule has 2 N–H and O–H groups in total. The first-order valence-electron chi connectivity index (χ1n) is 9.69. The number of para-hydroxylation sites is 1. The molecule has 2 aliphatic rings. The number of amides is 3. The minimum Gasteiger partial charge on any atom is -0.508 e. The highest BCUT2D eigenvalue weighted by atomic mass is 16.3. The van der Waals surface area contributed by atoms with Gasteiger partial charge in [0.05, 0.1) is 11.3 Å². The highest BCUT2D eigenvalue weighted by molar-refractivity contribution is 6.10. The number of hydrogen-bond acceptors (Lipinski definition) is 4. The number of hydrogen-bond donors (Lipinski definition) is 2. The van der Waals surface area contributed by atoms with Gasteiger partial charge in [-0.25, -0.2) is 0 Å². The predicted molar refractivity (Wildman–Crippen MR) is 107 cm³/mol. The molecule has 7 heteroatoms. The van der Waals surface area contributed by atoms with Crippen LogP contribution < -0.4 is 10.2 Å². The zero-order chi connectivity index (χ0) is 20.6. The van der Waals surface area contributed by atoms with E-state index < -0.39 is 5.66 Å². The van der Waals surface area contributed by atoms with E-state index in [1.54, 1.807) is 52.3 Å². The maximum absolute atomic E-state index is 13.1. The quantitative estimate of drug-likeness (QED) is 0.816. The molecule has 0 aromatic heterocycles. The van der Waals surface area contributed by atoms with E-state index in [1.165, 1.54) is 0 Å². The van der Waals surface area contributed by atoms with Gasteiger partial charge in [0.2, 0.25) is 11.8 Å². The summed E-state index contributed by atoms with van der Waals surface area (Å²) in [4.78, 5) is 41.4. The van der Waals surface area contributed by atoms with Crippen molar-refractivity contribution in [1.29, 1.82) is 0 Å². The molecule has 2 heterocycles. The maximum Gasteiger partial charge on any atom is 0.257 e. The lowest BCUT2D eigenvalue weighted by molar-refractivity contribution is -0.121. The number of carbonyl (C=O) groups is 3. The first-order chi connectivity index (χ1) is 13.9. The van der Waals surface area contributed by atoms with E-state index in [9.17, 15) is 19.5 Å². The highest BCUT2D eigenvalue weighted by Crippen LogP contribution is 2.43. The lowest BCUT2D eigenvalue weighted by Gasteiger charge is -2.48. The van der Waals surface area contributed by atoms with E-state index in [0.29, 0.717) is 30.6 Å². The van der Waals surface area contributed by atoms with E-state index in [1.807, 2.05) is 13.0 Å². The number of carbonyl (C=O) groups excluding carboxylic acids is 3. The monoisotopic (exact) mass is 393 g/mol. The van der Waals surface area contributed by atoms with Gasteiger partial charge in [-0.05, 0) is 43.2 Å². The molecule has 2 aromatic carbocycles. The second kappa shape index (κ2) is 7.24. The van der Waals surface area contributed by atoms with E-state index in [4.69, 9.17) is 0 Å². The summed E-state index contributed by atoms with van der Waals surface area (Å²) in [7, 11) is 0. The first-order valence-corrected chi connectivity index (χ1v) is 9.69. The normalized spacial score (nSPS) is 20.4. The van der Waals surface area contributed by atoms with Crippen LogP contribution in [0.2, 0.25) is 0 Å². The Morgan fingerprint density at radius 3 is 2.62 bits per heavy atom. The molecule has 2 aromatic rings. The molecule has 1 atom stereocenters. The number of nitrogens with one attached hydrogen (secondary N) is 1. The standard InChI is InChI=1S/C22H23N3O4/c1-22-12-10-20(28)25(22)18-5-3-2-4-17(18)21(29)24(22)13-11-19(27)23-14-15-6-8-16(26)9-7-15/h2-9,26H,10-14H2,1H3,(H,23,27). The lowest BCUT2D eigenvalue weighted by Crippen LogP contribution is -2.62. The van der Waals surface area contributed by atoms with Crippen LogP contribution in [0.25, 0.3) is 0 Å². The average Bonchev–Trinajstić information content (AvgIpc) is 3.02. The average molecular weight is 393 g/mol. The number of fused-ring (bicyclic) bond motifs is 3. The van der Waals surface area contributed by atoms with E-state index >= 15 is 0 Å². The molecule has 2 aliphatic heterocycles. The molecule has 150 valence electrons. The van der Waals surface area contributed by atoms with Gasteiger partial charge in [-0.2, -0.15) is 0 Å². The smallest absolute Gasteiger partial charge is 0.257 e. The summed E-state index contributed by atoms with van der Waals surface area (Å²) in [6.07, 6.45) is 1.06. The van der Waals surface area contributed by atoms with Crippen LogP contribution in [-0.2, 0) is 16.1 Å². The summed E-state index contributed by atoms with van der Waals surface area (Å²) in [5.74, 6) is -0.160. The molecular formula is C22H23N3O4. The van der Waals surface area contributed by atoms with Gasteiger partial charge >= 0.3 is 0 Å². The summed E-state index contributed by atoms with van der Waals surface area (Å²) < 4.78 is 0. The SMILES string of the molecule is CC12CCC(=O)N1c1ccccc1C(=O)N2CCC(=O)NCc1ccc(O)cc1. The Hall–Kier alpha value is -3.35. The van der Waals surface area contributed by atoms with Crippen LogP contribution >= 0.6 is 0 Å². The Bertz CT molecular complexity index is 972. The minimum atomic E-state index is -0.750. The Labute approximate surface area is 168 Å². The first kappa shape index (κ1) is 19.0. The zero-order valence-corrected chi connectivity index (χ0v) is 16.2. The fraction of sp³-hybridized carbons (Fsp3) is 0.318. The number of rotatable bonds is 5. The molecule has 3 amide bonds. The minimum absolute atomic E-state index is 0.00534. The Morgan fingerprint density at radius 2 is 1.86 bits per heavy atom. The molecule has 1 saturated heterocycles. The molecule has 7 nitrogen and oxygen atoms in total. The van der Waals surface area contributed by atoms with Crippen molar-refractivity contribution in [2.45, 2.75) is 38.4 Å². The molecule has 1 unspecified atom stereocenters. The van der Waals surface area contributed by atoms with Crippen LogP contribution in [0.5, 0.6) is 5.75 Å². The number of benzene rings is 2. The van der Waals surface area contributed by atoms with E-state index in [2.05, 4.69) is 5.32 Å². The van der Waals surface area contributed by atoms with Crippen molar-refractivity contribution < 1.29 is 19.5 Å². The highest BCUT2D eigenvalue weighted by Gasteiger charge is 2.52. The number of phenols is 1. The van der Waals surface area contributed by atoms with E-state index in [-0.39, 0.29) is 36.4 Å². The second-order valence-electron chi connectivity index (χ2n) is 7.61. The van der Waals surface area contributed by atoms with Crippen LogP contribution in [-0.4, -0.2) is 39.9 Å². The van der Waals surface area contributed by atoms with Crippen molar-refractivity contribution in [2.75, 3.05) is 11.4 Å². The number of phenolic OH excluding ortho intramolecular Hbond substituents is 1. The summed E-state index contributed by atoms with van der Waals surface area (Å²) in [5.41, 5.74) is 1.26. The van der Waals surface area contributed by atoms with Gasteiger partial charge in [0.15, 0.2) is 0 Å². The van der Waals surface area contributed by atoms with Gasteiger partial charge in [0.25, 0.3) is 5.91 Å². The van der Waals surface area contributed by atoms with Gasteiger partial charge in [-0.1, -0.05) is 24.3 Å². The molecule has 0 radical (unpaired) electrons. The summed E-state index contributed by atoms with van der Waals surface area (Å²) in [6.45, 7) is 2.46. The van der Waals surface area contributed by atoms with Gasteiger partial charge < -0.3 is 15.3 Å². The van der Waals surface area contributed by atoms with E-state index in [0.717, 1.165) is 5.56 Å². The molecule has 4 rings (SSSR count). The van der Waals surface area contributed by atoms with Crippen molar-refractivity contribution >= 4 is 23.4 Å². The van der Waals surface area contributed by atoms with Gasteiger partial charge in [0, 0.05) is 25.9 Å². The number of anilines is 1. The molecule has 29 heavy (non-hydrogen) atoms. The Kier molecular flexibility index (Phi) is 4.74. The molecule has 0 spiro atoms. The van der Waals surface area contributed by atoms with Crippen molar-refractivity contribution in [3.8, 4) is 5.75 Å². The lowest BCUT2D eigenvalue weighted by atomic mass is 9.98. The molecular weight excluding hydrogens is 370 g/mol. The Balaban J connectivity index is 1.46. The summed E-state index contributed by atoms with van der Waals surface area (Å²) in [5, 5.41) is 12.2. The summed E-state index contributed by atoms with van der Waals surface area (Å²) >= 11 is 0. The Morgan fingerprint density at radius 1 is 1.14 bits per heavy atom. The van der Waals surface area contributed by atoms with Gasteiger partial charge in [0.1, 0.15) is 11.4 Å². The molecule has 0 aliphatic carbocycles. The molecule has 0 bridgehead atoms. The fourth-order valence-corrected chi connectivity index (χ4v) is 4.16. The molecule has 1 fully saturated rings. The van der Waals surface area contributed by atoms with Crippen molar-refractivity contribution in [1.82, 2.24) is 10.2 Å². The van der Waals surface area contributed by atoms with Crippen LogP contribution in [0.15, 0.2) is 48.5 Å². The second-order valence-corrected chi connectivity index (χ2v) is 7.61. The van der Waals surface area contributed by atoms with Gasteiger partial charge in [-0.15, -0.1) is 0 Å². The zero-order valence-electron chi connectivity index (χ0n) is 16.2. The number of nitrogens with zero attached hydrogens (tertiary/aromatic N) is 2.